The molecule has 0 bridgehead atoms. The van der Waals surface area contributed by atoms with Crippen molar-refractivity contribution < 1.29 is 13.6 Å². The second-order valence-corrected chi connectivity index (χ2v) is 4.99. The third-order valence-corrected chi connectivity index (χ3v) is 3.38. The summed E-state index contributed by atoms with van der Waals surface area (Å²) in [5.74, 6) is 0.0355. The average molecular weight is 236 g/mol. The van der Waals surface area contributed by atoms with Crippen LogP contribution >= 0.6 is 0 Å². The lowest BCUT2D eigenvalue weighted by Gasteiger charge is -2.16. The van der Waals surface area contributed by atoms with E-state index in [9.17, 15) is 8.42 Å². The van der Waals surface area contributed by atoms with Gasteiger partial charge in [0.1, 0.15) is 0 Å². The summed E-state index contributed by atoms with van der Waals surface area (Å²) in [4.78, 5) is 0. The Morgan fingerprint density at radius 2 is 2.27 bits per heavy atom. The third-order valence-electron chi connectivity index (χ3n) is 2.14. The third kappa shape index (κ3) is 3.65. The molecule has 8 heteroatoms. The number of nitrogens with one attached hydrogen (secondary N) is 2. The van der Waals surface area contributed by atoms with Crippen LogP contribution in [0.4, 0.5) is 0 Å². The van der Waals surface area contributed by atoms with E-state index in [2.05, 4.69) is 14.6 Å². The van der Waals surface area contributed by atoms with Crippen LogP contribution in [0.2, 0.25) is 0 Å². The van der Waals surface area contributed by atoms with E-state index >= 15 is 0 Å². The summed E-state index contributed by atoms with van der Waals surface area (Å²) in [7, 11) is -3.56. The van der Waals surface area contributed by atoms with Crippen LogP contribution in [0.1, 0.15) is 19.8 Å². The lowest BCUT2D eigenvalue weighted by Crippen LogP contribution is -2.50. The van der Waals surface area contributed by atoms with Gasteiger partial charge in [-0.3, -0.25) is 0 Å². The highest BCUT2D eigenvalue weighted by molar-refractivity contribution is 7.87. The first-order valence-corrected chi connectivity index (χ1v) is 6.22. The highest BCUT2D eigenvalue weighted by Gasteiger charge is 2.36. The smallest absolute Gasteiger partial charge is 0.277 e. The molecule has 0 aliphatic heterocycles. The predicted octanol–water partition coefficient (Wildman–Crippen LogP) is -1.04. The van der Waals surface area contributed by atoms with Crippen LogP contribution in [0.5, 0.6) is 0 Å². The number of nitrogens with two attached hydrogens (primary N) is 1. The summed E-state index contributed by atoms with van der Waals surface area (Å²) in [6.07, 6.45) is 1.77. The maximum atomic E-state index is 11.4. The van der Waals surface area contributed by atoms with Gasteiger partial charge in [0.25, 0.3) is 10.2 Å². The Labute approximate surface area is 88.9 Å². The molecule has 1 atom stereocenters. The molecule has 7 nitrogen and oxygen atoms in total. The molecule has 0 aromatic heterocycles. The van der Waals surface area contributed by atoms with Crippen LogP contribution in [0.25, 0.3) is 0 Å². The highest BCUT2D eigenvalue weighted by atomic mass is 32.2. The summed E-state index contributed by atoms with van der Waals surface area (Å²) in [5, 5.41) is 11.4. The molecule has 5 N–H and O–H groups in total. The molecule has 15 heavy (non-hydrogen) atoms. The first kappa shape index (κ1) is 12.2. The van der Waals surface area contributed by atoms with Gasteiger partial charge in [0, 0.05) is 6.54 Å². The SMILES string of the molecule is CCNS(=O)(=O)NC(C(N)=NO)C1CC1. The van der Waals surface area contributed by atoms with Gasteiger partial charge in [-0.1, -0.05) is 12.1 Å². The van der Waals surface area contributed by atoms with Gasteiger partial charge in [-0.05, 0) is 18.8 Å². The van der Waals surface area contributed by atoms with Gasteiger partial charge in [-0.15, -0.1) is 0 Å². The van der Waals surface area contributed by atoms with Crippen LogP contribution in [-0.4, -0.2) is 32.0 Å². The van der Waals surface area contributed by atoms with Gasteiger partial charge in [-0.25, -0.2) is 4.72 Å². The quantitative estimate of drug-likeness (QED) is 0.204. The van der Waals surface area contributed by atoms with Crippen molar-refractivity contribution in [2.24, 2.45) is 16.8 Å². The molecular weight excluding hydrogens is 220 g/mol. The summed E-state index contributed by atoms with van der Waals surface area (Å²) >= 11 is 0. The standard InChI is InChI=1S/C7H16N4O3S/c1-2-9-15(13,14)11-6(5-3-4-5)7(8)10-12/h5-6,9,11-12H,2-4H2,1H3,(H2,8,10). The van der Waals surface area contributed by atoms with E-state index in [-0.39, 0.29) is 11.8 Å². The van der Waals surface area contributed by atoms with E-state index in [0.29, 0.717) is 6.54 Å². The summed E-state index contributed by atoms with van der Waals surface area (Å²) in [6, 6.07) is -0.612. The first-order valence-electron chi connectivity index (χ1n) is 4.74. The number of hydrogen-bond acceptors (Lipinski definition) is 4. The monoisotopic (exact) mass is 236 g/mol. The Balaban J connectivity index is 2.67. The zero-order chi connectivity index (χ0) is 11.5. The molecule has 1 saturated carbocycles. The fourth-order valence-electron chi connectivity index (χ4n) is 1.29. The number of rotatable bonds is 6. The highest BCUT2D eigenvalue weighted by Crippen LogP contribution is 2.32. The van der Waals surface area contributed by atoms with Crippen LogP contribution < -0.4 is 15.2 Å². The zero-order valence-corrected chi connectivity index (χ0v) is 9.29. The minimum absolute atomic E-state index is 0.0982. The molecule has 0 heterocycles. The Kier molecular flexibility index (Phi) is 3.89. The van der Waals surface area contributed by atoms with Crippen molar-refractivity contribution >= 4 is 16.0 Å². The summed E-state index contributed by atoms with van der Waals surface area (Å²) in [6.45, 7) is 1.97. The lowest BCUT2D eigenvalue weighted by atomic mass is 10.2. The van der Waals surface area contributed by atoms with Gasteiger partial charge in [-0.2, -0.15) is 13.1 Å². The van der Waals surface area contributed by atoms with Crippen molar-refractivity contribution in [3.05, 3.63) is 0 Å². The van der Waals surface area contributed by atoms with Gasteiger partial charge in [0.15, 0.2) is 5.84 Å². The van der Waals surface area contributed by atoms with Gasteiger partial charge >= 0.3 is 0 Å². The fraction of sp³-hybridized carbons (Fsp3) is 0.857. The molecule has 0 spiro atoms. The maximum Gasteiger partial charge on any atom is 0.277 e. The summed E-state index contributed by atoms with van der Waals surface area (Å²) in [5.41, 5.74) is 5.41. The Hall–Kier alpha value is -0.860. The topological polar surface area (TPSA) is 117 Å². The van der Waals surface area contributed by atoms with E-state index in [1.165, 1.54) is 0 Å². The molecule has 0 aromatic carbocycles. The Morgan fingerprint density at radius 1 is 1.67 bits per heavy atom. The molecule has 1 fully saturated rings. The second kappa shape index (κ2) is 4.77. The molecule has 1 aliphatic carbocycles. The van der Waals surface area contributed by atoms with Gasteiger partial charge < -0.3 is 10.9 Å². The molecule has 0 aromatic rings. The zero-order valence-electron chi connectivity index (χ0n) is 8.47. The number of nitrogens with zero attached hydrogens (tertiary/aromatic N) is 1. The van der Waals surface area contributed by atoms with Gasteiger partial charge in [0.05, 0.1) is 6.04 Å². The maximum absolute atomic E-state index is 11.4. The molecule has 1 aliphatic rings. The summed E-state index contributed by atoms with van der Waals surface area (Å²) < 4.78 is 27.4. The molecule has 88 valence electrons. The second-order valence-electron chi connectivity index (χ2n) is 3.46. The normalized spacial score (nSPS) is 20.2. The molecule has 0 amide bonds. The van der Waals surface area contributed by atoms with Crippen LogP contribution in [0.15, 0.2) is 5.16 Å². The molecule has 0 saturated heterocycles. The van der Waals surface area contributed by atoms with Crippen LogP contribution in [-0.2, 0) is 10.2 Å². The van der Waals surface area contributed by atoms with Crippen molar-refractivity contribution in [2.45, 2.75) is 25.8 Å². The van der Waals surface area contributed by atoms with E-state index in [4.69, 9.17) is 10.9 Å². The predicted molar refractivity (Wildman–Crippen MR) is 55.7 cm³/mol. The Bertz CT molecular complexity index is 336. The number of amidine groups is 1. The van der Waals surface area contributed by atoms with E-state index in [1.54, 1.807) is 6.92 Å². The molecular formula is C7H16N4O3S. The van der Waals surface area contributed by atoms with Gasteiger partial charge in [0.2, 0.25) is 0 Å². The average Bonchev–Trinajstić information content (AvgIpc) is 2.96. The van der Waals surface area contributed by atoms with Crippen LogP contribution in [0.3, 0.4) is 0 Å². The first-order chi connectivity index (χ1) is 7.00. The van der Waals surface area contributed by atoms with Crippen molar-refractivity contribution in [3.63, 3.8) is 0 Å². The fourth-order valence-corrected chi connectivity index (χ4v) is 2.40. The molecule has 1 rings (SSSR count). The van der Waals surface area contributed by atoms with Crippen molar-refractivity contribution in [1.82, 2.24) is 9.44 Å². The van der Waals surface area contributed by atoms with Crippen molar-refractivity contribution in [3.8, 4) is 0 Å². The Morgan fingerprint density at radius 3 is 2.67 bits per heavy atom. The number of hydrogen-bond donors (Lipinski definition) is 4. The molecule has 1 unspecified atom stereocenters. The minimum Gasteiger partial charge on any atom is -0.409 e. The molecule has 0 radical (unpaired) electrons. The van der Waals surface area contributed by atoms with Crippen LogP contribution in [0, 0.1) is 5.92 Å². The van der Waals surface area contributed by atoms with E-state index < -0.39 is 16.3 Å². The minimum atomic E-state index is -3.56. The lowest BCUT2D eigenvalue weighted by molar-refractivity contribution is 0.314. The van der Waals surface area contributed by atoms with E-state index in [0.717, 1.165) is 12.8 Å². The number of oxime groups is 1. The largest absolute Gasteiger partial charge is 0.409 e. The van der Waals surface area contributed by atoms with Crippen molar-refractivity contribution in [1.29, 1.82) is 0 Å². The van der Waals surface area contributed by atoms with E-state index in [1.807, 2.05) is 0 Å². The van der Waals surface area contributed by atoms with Crippen molar-refractivity contribution in [2.75, 3.05) is 6.54 Å².